The third-order valence-electron chi connectivity index (χ3n) is 31.2. The van der Waals surface area contributed by atoms with Crippen LogP contribution in [0.25, 0.3) is 96.0 Å². The van der Waals surface area contributed by atoms with Crippen LogP contribution in [0.4, 0.5) is 17.1 Å². The zero-order valence-electron chi connectivity index (χ0n) is 77.1. The fourth-order valence-corrected chi connectivity index (χ4v) is 26.4. The summed E-state index contributed by atoms with van der Waals surface area (Å²) in [4.78, 5) is 2.54. The van der Waals surface area contributed by atoms with Crippen LogP contribution in [-0.2, 0) is 39.9 Å². The molecule has 5 atom stereocenters. The molecule has 0 spiro atoms. The predicted molar refractivity (Wildman–Crippen MR) is 546 cm³/mol. The van der Waals surface area contributed by atoms with Crippen LogP contribution in [0.5, 0.6) is 0 Å². The molecule has 5 unspecified atom stereocenters. The fraction of sp³-hybridized carbons (Fsp3) is 0.361. The van der Waals surface area contributed by atoms with Gasteiger partial charge in [0.1, 0.15) is 0 Å². The zero-order valence-corrected chi connectivity index (χ0v) is 78.7. The van der Waals surface area contributed by atoms with Crippen molar-refractivity contribution >= 4 is 80.1 Å². The van der Waals surface area contributed by atoms with Crippen LogP contribution in [0.3, 0.4) is 0 Å². The molecule has 638 valence electrons. The van der Waals surface area contributed by atoms with Gasteiger partial charge in [-0.05, 0) is 302 Å². The molecule has 0 N–H and O–H groups in total. The number of hydrogen-bond acceptors (Lipinski definition) is 3. The largest absolute Gasteiger partial charge is 0.310 e. The summed E-state index contributed by atoms with van der Waals surface area (Å²) in [6.07, 6.45) is 29.1. The Morgan fingerprint density at radius 1 is 0.304 bits per heavy atom. The summed E-state index contributed by atoms with van der Waals surface area (Å²) in [5.41, 5.74) is 34.9. The lowest BCUT2D eigenvalue weighted by molar-refractivity contribution is 0.287. The van der Waals surface area contributed by atoms with Gasteiger partial charge in [0.2, 0.25) is 0 Å². The fourth-order valence-electron chi connectivity index (χ4n) is 24.2. The SMILES string of the molecule is CCCCC(C)c1ccc(CC2(Cc3ccc(C(CCC)C(CC)(CCC)c4ccc5c(c4)C(CCCC)(CCCC)c4cc6c(cc4-5)C(CCCC)(CCCC)c4cc(C(C)(CC)CCC)ccc4-6)cc3)c3ccccc3-c3ccc(N(c4ccc(-c5ccc6sc7ccccc7c6c5)cc4)c4ccc(-c5ccc6sc7ccccc7c6c5)cc4)cc32)cc1. The molecule has 0 bridgehead atoms. The molecule has 1 nitrogen and oxygen atoms in total. The van der Waals surface area contributed by atoms with Crippen molar-refractivity contribution in [2.45, 2.75) is 283 Å². The van der Waals surface area contributed by atoms with Gasteiger partial charge >= 0.3 is 0 Å². The zero-order chi connectivity index (χ0) is 86.2. The summed E-state index contributed by atoms with van der Waals surface area (Å²) in [5, 5.41) is 5.29. The molecule has 125 heavy (non-hydrogen) atoms. The molecule has 0 saturated carbocycles. The molecule has 0 radical (unpaired) electrons. The van der Waals surface area contributed by atoms with Crippen molar-refractivity contribution in [1.29, 1.82) is 0 Å². The molecule has 3 heteroatoms. The average molecular weight is 1680 g/mol. The maximum Gasteiger partial charge on any atom is 0.0465 e. The van der Waals surface area contributed by atoms with E-state index in [0.717, 1.165) is 68.4 Å². The van der Waals surface area contributed by atoms with Crippen molar-refractivity contribution in [3.63, 3.8) is 0 Å². The van der Waals surface area contributed by atoms with Gasteiger partial charge in [-0.25, -0.2) is 0 Å². The highest BCUT2D eigenvalue weighted by atomic mass is 32.1. The third kappa shape index (κ3) is 15.4. The standard InChI is InChI=1S/C122H133NS2/c1-13-23-35-83(11)86-46-42-84(43-47-86)81-122(108-39-31-28-36-97(108)98-65-62-96(78-111(98)122)123(94-58-50-87(51-59-94)90-54-66-116-105(74-90)101-37-29-32-40-114(101)124-116)95-60-52-88(53-61-95)91-55-67-117-106(75-91)102-38-30-33-41-115(102)125-117)82-85-44-48-89(49-45-85)107(34-18-6)119(22-10,69-20-8)93-57-64-100-104-80-112-103(79-113(104)121(72-26-16-4,73-27-17-5)110(100)77-93)99-63-56-92(118(12,21-9)68-19-7)76-109(99)120(112,70-24-14-2)71-25-15-3/h28-33,36-67,74-80,83,107H,13-27,34-35,68-73,81-82H2,1-12H3. The number of benzene rings is 13. The molecule has 2 heterocycles. The Morgan fingerprint density at radius 2 is 0.728 bits per heavy atom. The van der Waals surface area contributed by atoms with Gasteiger partial charge in [-0.2, -0.15) is 0 Å². The number of rotatable bonds is 37. The quantitative estimate of drug-likeness (QED) is 0.0375. The number of hydrogen-bond donors (Lipinski definition) is 0. The van der Waals surface area contributed by atoms with Gasteiger partial charge in [-0.1, -0.05) is 355 Å². The lowest BCUT2D eigenvalue weighted by Gasteiger charge is -2.43. The molecule has 3 aliphatic rings. The van der Waals surface area contributed by atoms with Crippen molar-refractivity contribution in [3.8, 4) is 55.6 Å². The molecule has 15 aromatic rings. The average Bonchev–Trinajstić information content (AvgIpc) is 1.50. The lowest BCUT2D eigenvalue weighted by Crippen LogP contribution is -2.34. The van der Waals surface area contributed by atoms with Crippen LogP contribution in [0, 0.1) is 0 Å². The highest BCUT2D eigenvalue weighted by molar-refractivity contribution is 7.26. The van der Waals surface area contributed by atoms with Crippen molar-refractivity contribution in [3.05, 3.63) is 340 Å². The first-order valence-corrected chi connectivity index (χ1v) is 50.6. The van der Waals surface area contributed by atoms with Gasteiger partial charge < -0.3 is 4.90 Å². The summed E-state index contributed by atoms with van der Waals surface area (Å²) >= 11 is 3.77. The smallest absolute Gasteiger partial charge is 0.0465 e. The third-order valence-corrected chi connectivity index (χ3v) is 33.5. The lowest BCUT2D eigenvalue weighted by atomic mass is 9.61. The Morgan fingerprint density at radius 3 is 1.22 bits per heavy atom. The van der Waals surface area contributed by atoms with E-state index in [1.807, 2.05) is 22.7 Å². The van der Waals surface area contributed by atoms with Gasteiger partial charge in [0.05, 0.1) is 0 Å². The van der Waals surface area contributed by atoms with Crippen LogP contribution >= 0.6 is 22.7 Å². The molecule has 0 amide bonds. The Hall–Kier alpha value is -9.90. The second-order valence-electron chi connectivity index (χ2n) is 38.6. The maximum atomic E-state index is 2.88. The summed E-state index contributed by atoms with van der Waals surface area (Å²) in [7, 11) is 0. The van der Waals surface area contributed by atoms with E-state index >= 15 is 0 Å². The van der Waals surface area contributed by atoms with E-state index in [4.69, 9.17) is 0 Å². The minimum Gasteiger partial charge on any atom is -0.310 e. The summed E-state index contributed by atoms with van der Waals surface area (Å²) in [5.74, 6) is 0.839. The molecule has 0 aliphatic heterocycles. The van der Waals surface area contributed by atoms with Crippen molar-refractivity contribution < 1.29 is 0 Å². The topological polar surface area (TPSA) is 3.24 Å². The van der Waals surface area contributed by atoms with Crippen LogP contribution < -0.4 is 4.90 Å². The van der Waals surface area contributed by atoms with E-state index < -0.39 is 5.41 Å². The first kappa shape index (κ1) is 85.9. The minimum atomic E-state index is -0.417. The normalized spacial score (nSPS) is 16.1. The number of fused-ring (bicyclic) bond motifs is 15. The van der Waals surface area contributed by atoms with Crippen molar-refractivity contribution in [2.75, 3.05) is 4.90 Å². The van der Waals surface area contributed by atoms with Gasteiger partial charge in [-0.15, -0.1) is 22.7 Å². The number of unbranched alkanes of at least 4 members (excludes halogenated alkanes) is 5. The van der Waals surface area contributed by atoms with Crippen molar-refractivity contribution in [1.82, 2.24) is 0 Å². The molecule has 18 rings (SSSR count). The molecular weight excluding hydrogens is 1540 g/mol. The van der Waals surface area contributed by atoms with Gasteiger partial charge in [0.25, 0.3) is 0 Å². The Balaban J connectivity index is 0.747. The van der Waals surface area contributed by atoms with E-state index in [0.29, 0.717) is 11.8 Å². The van der Waals surface area contributed by atoms with Crippen LogP contribution in [0.1, 0.15) is 309 Å². The molecule has 13 aromatic carbocycles. The van der Waals surface area contributed by atoms with E-state index in [1.54, 1.807) is 44.5 Å². The van der Waals surface area contributed by atoms with Crippen molar-refractivity contribution in [2.24, 2.45) is 0 Å². The van der Waals surface area contributed by atoms with Crippen LogP contribution in [0.15, 0.2) is 273 Å². The van der Waals surface area contributed by atoms with Gasteiger partial charge in [0, 0.05) is 79.1 Å². The molecule has 0 saturated heterocycles. The van der Waals surface area contributed by atoms with E-state index in [-0.39, 0.29) is 21.7 Å². The summed E-state index contributed by atoms with van der Waals surface area (Å²) in [6, 6.07) is 110. The van der Waals surface area contributed by atoms with E-state index in [9.17, 15) is 0 Å². The van der Waals surface area contributed by atoms with Crippen LogP contribution in [-0.4, -0.2) is 0 Å². The molecule has 0 fully saturated rings. The predicted octanol–water partition coefficient (Wildman–Crippen LogP) is 37.1. The van der Waals surface area contributed by atoms with E-state index in [1.165, 1.54) is 227 Å². The molecule has 2 aromatic heterocycles. The van der Waals surface area contributed by atoms with E-state index in [2.05, 4.69) is 361 Å². The first-order chi connectivity index (χ1) is 61.2. The Labute approximate surface area is 757 Å². The maximum absolute atomic E-state index is 2.88. The molecular formula is C122H133NS2. The van der Waals surface area contributed by atoms with Gasteiger partial charge in [-0.3, -0.25) is 0 Å². The highest BCUT2D eigenvalue weighted by Gasteiger charge is 2.51. The Kier molecular flexibility index (Phi) is 25.0. The second kappa shape index (κ2) is 36.5. The number of nitrogens with zero attached hydrogens (tertiary/aromatic N) is 1. The monoisotopic (exact) mass is 1680 g/mol. The summed E-state index contributed by atoms with van der Waals surface area (Å²) in [6.45, 7) is 29.3. The van der Waals surface area contributed by atoms with Crippen LogP contribution in [0.2, 0.25) is 0 Å². The Bertz CT molecular complexity index is 6170. The number of anilines is 3. The number of thiophene rings is 2. The molecule has 3 aliphatic carbocycles. The summed E-state index contributed by atoms with van der Waals surface area (Å²) < 4.78 is 5.32. The van der Waals surface area contributed by atoms with Gasteiger partial charge in [0.15, 0.2) is 0 Å². The first-order valence-electron chi connectivity index (χ1n) is 48.9. The minimum absolute atomic E-state index is 0.00112. The second-order valence-corrected chi connectivity index (χ2v) is 40.8. The highest BCUT2D eigenvalue weighted by Crippen LogP contribution is 2.64.